The van der Waals surface area contributed by atoms with Gasteiger partial charge in [0.1, 0.15) is 0 Å². The van der Waals surface area contributed by atoms with E-state index >= 15 is 0 Å². The number of hydrogen-bond donors (Lipinski definition) is 2. The van der Waals surface area contributed by atoms with E-state index in [1.807, 2.05) is 0 Å². The fourth-order valence-corrected chi connectivity index (χ4v) is 5.38. The quantitative estimate of drug-likeness (QED) is 0.551. The minimum absolute atomic E-state index is 0.0228. The van der Waals surface area contributed by atoms with E-state index in [-0.39, 0.29) is 10.8 Å². The zero-order valence-electron chi connectivity index (χ0n) is 15.2. The standard InChI is InChI=1S/C18H40N2/c1-8-15(9-2)16(10-3,11-4)17(12-5,13-6)18(19,20)14-7/h15H,8-14,19-20H2,1-7H3. The molecule has 0 aliphatic carbocycles. The summed E-state index contributed by atoms with van der Waals surface area (Å²) in [6.07, 6.45) is 7.78. The highest BCUT2D eigenvalue weighted by atomic mass is 15.0. The maximum atomic E-state index is 6.68. The van der Waals surface area contributed by atoms with Crippen molar-refractivity contribution >= 4 is 0 Å². The number of hydrogen-bond acceptors (Lipinski definition) is 2. The van der Waals surface area contributed by atoms with Crippen molar-refractivity contribution in [2.75, 3.05) is 0 Å². The van der Waals surface area contributed by atoms with E-state index in [1.165, 1.54) is 25.7 Å². The summed E-state index contributed by atoms with van der Waals surface area (Å²) in [6, 6.07) is 0. The third kappa shape index (κ3) is 2.78. The molecule has 0 aromatic carbocycles. The largest absolute Gasteiger partial charge is 0.313 e. The van der Waals surface area contributed by atoms with Crippen LogP contribution in [0.2, 0.25) is 0 Å². The summed E-state index contributed by atoms with van der Waals surface area (Å²) in [5, 5.41) is 0. The lowest BCUT2D eigenvalue weighted by atomic mass is 9.47. The smallest absolute Gasteiger partial charge is 0.0697 e. The molecule has 2 nitrogen and oxygen atoms in total. The molecule has 0 amide bonds. The monoisotopic (exact) mass is 284 g/mol. The van der Waals surface area contributed by atoms with Crippen molar-refractivity contribution in [2.24, 2.45) is 28.2 Å². The molecule has 0 rings (SSSR count). The van der Waals surface area contributed by atoms with Gasteiger partial charge in [-0.2, -0.15) is 0 Å². The van der Waals surface area contributed by atoms with E-state index in [9.17, 15) is 0 Å². The SMILES string of the molecule is CCC(CC)C(CC)(CC)C(CC)(CC)C(N)(N)CC. The van der Waals surface area contributed by atoms with Crippen LogP contribution in [0.15, 0.2) is 0 Å². The molecule has 0 aliphatic rings. The van der Waals surface area contributed by atoms with Crippen LogP contribution in [0.4, 0.5) is 0 Å². The summed E-state index contributed by atoms with van der Waals surface area (Å²) < 4.78 is 0. The predicted octanol–water partition coefficient (Wildman–Crippen LogP) is 5.06. The van der Waals surface area contributed by atoms with Crippen LogP contribution in [0.3, 0.4) is 0 Å². The number of rotatable bonds is 10. The molecule has 0 aromatic rings. The zero-order chi connectivity index (χ0) is 16.0. The second-order valence-corrected chi connectivity index (χ2v) is 6.56. The Kier molecular flexibility index (Phi) is 7.76. The maximum absolute atomic E-state index is 6.68. The summed E-state index contributed by atoms with van der Waals surface area (Å²) >= 11 is 0. The Morgan fingerprint density at radius 1 is 0.650 bits per heavy atom. The van der Waals surface area contributed by atoms with Gasteiger partial charge in [0.2, 0.25) is 0 Å². The molecule has 0 heterocycles. The first kappa shape index (κ1) is 19.9. The molecule has 0 saturated heterocycles. The topological polar surface area (TPSA) is 52.0 Å². The molecule has 2 heteroatoms. The Labute approximate surface area is 128 Å². The van der Waals surface area contributed by atoms with Gasteiger partial charge in [0, 0.05) is 5.41 Å². The van der Waals surface area contributed by atoms with E-state index in [0.717, 1.165) is 19.3 Å². The van der Waals surface area contributed by atoms with Gasteiger partial charge in [0.05, 0.1) is 5.66 Å². The highest BCUT2D eigenvalue weighted by Crippen LogP contribution is 2.59. The van der Waals surface area contributed by atoms with Gasteiger partial charge in [-0.15, -0.1) is 0 Å². The van der Waals surface area contributed by atoms with E-state index in [0.29, 0.717) is 5.92 Å². The summed E-state index contributed by atoms with van der Waals surface area (Å²) in [6.45, 7) is 16.0. The van der Waals surface area contributed by atoms with Gasteiger partial charge in [0.25, 0.3) is 0 Å². The Balaban J connectivity index is 6.17. The average molecular weight is 285 g/mol. The fraction of sp³-hybridized carbons (Fsp3) is 1.00. The second-order valence-electron chi connectivity index (χ2n) is 6.56. The van der Waals surface area contributed by atoms with Gasteiger partial charge in [-0.3, -0.25) is 0 Å². The molecule has 4 N–H and O–H groups in total. The summed E-state index contributed by atoms with van der Waals surface area (Å²) in [5.41, 5.74) is 13.1. The lowest BCUT2D eigenvalue weighted by molar-refractivity contribution is -0.0989. The van der Waals surface area contributed by atoms with Crippen molar-refractivity contribution in [3.8, 4) is 0 Å². The molecular formula is C18H40N2. The van der Waals surface area contributed by atoms with E-state index in [1.54, 1.807) is 0 Å². The van der Waals surface area contributed by atoms with E-state index < -0.39 is 5.66 Å². The summed E-state index contributed by atoms with van der Waals surface area (Å²) in [5.74, 6) is 0.704. The van der Waals surface area contributed by atoms with E-state index in [2.05, 4.69) is 48.5 Å². The molecule has 0 radical (unpaired) electrons. The Morgan fingerprint density at radius 3 is 1.25 bits per heavy atom. The minimum atomic E-state index is -0.578. The van der Waals surface area contributed by atoms with Gasteiger partial charge in [0.15, 0.2) is 0 Å². The van der Waals surface area contributed by atoms with E-state index in [4.69, 9.17) is 11.5 Å². The van der Waals surface area contributed by atoms with Crippen molar-refractivity contribution in [3.63, 3.8) is 0 Å². The summed E-state index contributed by atoms with van der Waals surface area (Å²) in [4.78, 5) is 0. The third-order valence-corrected chi connectivity index (χ3v) is 6.67. The summed E-state index contributed by atoms with van der Waals surface area (Å²) in [7, 11) is 0. The van der Waals surface area contributed by atoms with Crippen LogP contribution < -0.4 is 11.5 Å². The average Bonchev–Trinajstić information content (AvgIpc) is 2.47. The zero-order valence-corrected chi connectivity index (χ0v) is 15.2. The minimum Gasteiger partial charge on any atom is -0.313 e. The Morgan fingerprint density at radius 2 is 1.05 bits per heavy atom. The van der Waals surface area contributed by atoms with Crippen LogP contribution in [0.25, 0.3) is 0 Å². The first-order valence-corrected chi connectivity index (χ1v) is 8.90. The van der Waals surface area contributed by atoms with Crippen LogP contribution in [-0.4, -0.2) is 5.66 Å². The molecule has 0 spiro atoms. The molecule has 0 aliphatic heterocycles. The van der Waals surface area contributed by atoms with Crippen molar-refractivity contribution in [3.05, 3.63) is 0 Å². The van der Waals surface area contributed by atoms with Gasteiger partial charge in [-0.05, 0) is 43.4 Å². The lowest BCUT2D eigenvalue weighted by Crippen LogP contribution is -2.69. The highest BCUT2D eigenvalue weighted by molar-refractivity contribution is 5.08. The normalized spacial score (nSPS) is 14.1. The molecule has 0 bridgehead atoms. The van der Waals surface area contributed by atoms with Crippen molar-refractivity contribution in [2.45, 2.75) is 99.1 Å². The van der Waals surface area contributed by atoms with Crippen LogP contribution in [-0.2, 0) is 0 Å². The van der Waals surface area contributed by atoms with Crippen LogP contribution in [0, 0.1) is 16.7 Å². The molecule has 20 heavy (non-hydrogen) atoms. The molecule has 0 unspecified atom stereocenters. The van der Waals surface area contributed by atoms with Crippen molar-refractivity contribution in [1.82, 2.24) is 0 Å². The van der Waals surface area contributed by atoms with Gasteiger partial charge in [-0.1, -0.05) is 61.3 Å². The van der Waals surface area contributed by atoms with Gasteiger partial charge in [-0.25, -0.2) is 0 Å². The molecular weight excluding hydrogens is 244 g/mol. The fourth-order valence-electron chi connectivity index (χ4n) is 5.38. The van der Waals surface area contributed by atoms with Crippen LogP contribution in [0.1, 0.15) is 93.4 Å². The number of nitrogens with two attached hydrogens (primary N) is 2. The third-order valence-electron chi connectivity index (χ3n) is 6.67. The van der Waals surface area contributed by atoms with Crippen LogP contribution in [0.5, 0.6) is 0 Å². The Bertz CT molecular complexity index is 259. The second kappa shape index (κ2) is 7.79. The van der Waals surface area contributed by atoms with Gasteiger partial charge >= 0.3 is 0 Å². The van der Waals surface area contributed by atoms with Crippen molar-refractivity contribution in [1.29, 1.82) is 0 Å². The molecule has 0 atom stereocenters. The Hall–Kier alpha value is -0.0800. The molecule has 0 aromatic heterocycles. The molecule has 122 valence electrons. The van der Waals surface area contributed by atoms with Gasteiger partial charge < -0.3 is 11.5 Å². The first-order valence-electron chi connectivity index (χ1n) is 8.90. The first-order chi connectivity index (χ1) is 9.32. The highest BCUT2D eigenvalue weighted by Gasteiger charge is 2.57. The maximum Gasteiger partial charge on any atom is 0.0697 e. The molecule has 0 fully saturated rings. The molecule has 0 saturated carbocycles. The predicted molar refractivity (Wildman–Crippen MR) is 91.5 cm³/mol. The van der Waals surface area contributed by atoms with Crippen LogP contribution >= 0.6 is 0 Å². The van der Waals surface area contributed by atoms with Crippen molar-refractivity contribution < 1.29 is 0 Å². The lowest BCUT2D eigenvalue weighted by Gasteiger charge is -2.60.